The van der Waals surface area contributed by atoms with Gasteiger partial charge in [-0.2, -0.15) is 4.99 Å². The molecular formula is C25H31N3O2S. The Morgan fingerprint density at radius 2 is 1.97 bits per heavy atom. The zero-order valence-corrected chi connectivity index (χ0v) is 19.9. The number of hydrogen-bond acceptors (Lipinski definition) is 4. The van der Waals surface area contributed by atoms with Crippen molar-refractivity contribution >= 4 is 40.1 Å². The van der Waals surface area contributed by atoms with E-state index in [1.165, 1.54) is 16.0 Å². The number of amides is 2. The lowest BCUT2D eigenvalue weighted by Gasteiger charge is -2.34. The first kappa shape index (κ1) is 22.0. The van der Waals surface area contributed by atoms with Gasteiger partial charge in [0.1, 0.15) is 11.8 Å². The minimum absolute atomic E-state index is 0.0924. The highest BCUT2D eigenvalue weighted by Crippen LogP contribution is 2.52. The molecule has 0 saturated heterocycles. The van der Waals surface area contributed by atoms with Crippen LogP contribution in [0.4, 0.5) is 5.69 Å². The average molecular weight is 438 g/mol. The predicted molar refractivity (Wildman–Crippen MR) is 129 cm³/mol. The standard InChI is InChI=1S/C25H31N3O2S/c1-14-6-8-17(12-15(14)2)26-21(29)11-10-20-27-23(30)22-18-9-7-16(25(3,4)5)13-19(18)31-24(22)28-20/h6,8,12,16,22H,7,9-11,13H2,1-5H3,(H,26,29). The van der Waals surface area contributed by atoms with Gasteiger partial charge in [0.2, 0.25) is 5.91 Å². The molecule has 31 heavy (non-hydrogen) atoms. The zero-order chi connectivity index (χ0) is 22.3. The molecule has 0 saturated carbocycles. The van der Waals surface area contributed by atoms with Crippen LogP contribution in [0.15, 0.2) is 38.7 Å². The molecule has 6 heteroatoms. The third-order valence-corrected chi connectivity index (χ3v) is 7.90. The molecule has 0 spiro atoms. The highest BCUT2D eigenvalue weighted by molar-refractivity contribution is 8.17. The van der Waals surface area contributed by atoms with Gasteiger partial charge in [0.05, 0.1) is 5.04 Å². The van der Waals surface area contributed by atoms with Crippen LogP contribution in [0.3, 0.4) is 0 Å². The van der Waals surface area contributed by atoms with Gasteiger partial charge >= 0.3 is 0 Å². The van der Waals surface area contributed by atoms with Crippen molar-refractivity contribution in [3.05, 3.63) is 39.8 Å². The molecule has 1 N–H and O–H groups in total. The molecule has 2 atom stereocenters. The highest BCUT2D eigenvalue weighted by atomic mass is 32.2. The second-order valence-corrected chi connectivity index (χ2v) is 11.1. The van der Waals surface area contributed by atoms with Crippen LogP contribution < -0.4 is 5.32 Å². The van der Waals surface area contributed by atoms with Crippen molar-refractivity contribution in [1.82, 2.24) is 0 Å². The number of nitrogens with zero attached hydrogens (tertiary/aromatic N) is 2. The number of rotatable bonds is 4. The third-order valence-electron chi connectivity index (χ3n) is 6.69. The first-order chi connectivity index (χ1) is 14.6. The lowest BCUT2D eigenvalue weighted by atomic mass is 9.71. The summed E-state index contributed by atoms with van der Waals surface area (Å²) in [6, 6.07) is 5.87. The quantitative estimate of drug-likeness (QED) is 0.645. The van der Waals surface area contributed by atoms with Crippen LogP contribution >= 0.6 is 11.8 Å². The van der Waals surface area contributed by atoms with Gasteiger partial charge in [-0.15, -0.1) is 0 Å². The molecule has 1 aliphatic carbocycles. The lowest BCUT2D eigenvalue weighted by molar-refractivity contribution is -0.119. The van der Waals surface area contributed by atoms with Gasteiger partial charge in [0, 0.05) is 18.5 Å². The monoisotopic (exact) mass is 437 g/mol. The number of thioether (sulfide) groups is 1. The number of anilines is 1. The van der Waals surface area contributed by atoms with Crippen molar-refractivity contribution in [2.24, 2.45) is 27.2 Å². The highest BCUT2D eigenvalue weighted by Gasteiger charge is 2.43. The third kappa shape index (κ3) is 4.69. The van der Waals surface area contributed by atoms with E-state index in [0.29, 0.717) is 18.2 Å². The van der Waals surface area contributed by atoms with Crippen LogP contribution in [0.25, 0.3) is 0 Å². The van der Waals surface area contributed by atoms with Crippen LogP contribution in [0.1, 0.15) is 64.0 Å². The molecule has 0 bridgehead atoms. The van der Waals surface area contributed by atoms with Crippen molar-refractivity contribution in [2.45, 2.75) is 66.7 Å². The summed E-state index contributed by atoms with van der Waals surface area (Å²) in [5.74, 6) is 0.635. The molecule has 5 nitrogen and oxygen atoms in total. The Balaban J connectivity index is 1.38. The van der Waals surface area contributed by atoms with Gasteiger partial charge in [-0.05, 0) is 78.2 Å². The summed E-state index contributed by atoms with van der Waals surface area (Å²) in [6.45, 7) is 11.0. The van der Waals surface area contributed by atoms with Crippen molar-refractivity contribution in [2.75, 3.05) is 5.32 Å². The number of amidine groups is 1. The number of hydrogen-bond donors (Lipinski definition) is 1. The molecule has 4 rings (SSSR count). The molecular weight excluding hydrogens is 406 g/mol. The van der Waals surface area contributed by atoms with Gasteiger partial charge in [-0.25, -0.2) is 4.99 Å². The SMILES string of the molecule is Cc1ccc(NC(=O)CCC2=NC(=O)C3C(=N2)SC2=C3CCC(C(C)(C)C)C2)cc1C. The number of carbonyl (C=O) groups excluding carboxylic acids is 2. The Bertz CT molecular complexity index is 1030. The maximum Gasteiger partial charge on any atom is 0.261 e. The van der Waals surface area contributed by atoms with Crippen molar-refractivity contribution in [3.63, 3.8) is 0 Å². The first-order valence-electron chi connectivity index (χ1n) is 11.1. The van der Waals surface area contributed by atoms with E-state index in [0.717, 1.165) is 35.6 Å². The average Bonchev–Trinajstić information content (AvgIpc) is 3.06. The van der Waals surface area contributed by atoms with Crippen molar-refractivity contribution in [1.29, 1.82) is 0 Å². The minimum Gasteiger partial charge on any atom is -0.326 e. The van der Waals surface area contributed by atoms with Gasteiger partial charge < -0.3 is 5.32 Å². The van der Waals surface area contributed by atoms with Gasteiger partial charge in [-0.1, -0.05) is 38.6 Å². The molecule has 164 valence electrons. The van der Waals surface area contributed by atoms with E-state index >= 15 is 0 Å². The normalized spacial score (nSPS) is 23.2. The lowest BCUT2D eigenvalue weighted by Crippen LogP contribution is -2.28. The van der Waals surface area contributed by atoms with Crippen molar-refractivity contribution in [3.8, 4) is 0 Å². The van der Waals surface area contributed by atoms with E-state index in [1.54, 1.807) is 11.8 Å². The zero-order valence-electron chi connectivity index (χ0n) is 19.0. The Kier molecular flexibility index (Phi) is 5.95. The van der Waals surface area contributed by atoms with Gasteiger partial charge in [-0.3, -0.25) is 9.59 Å². The number of aryl methyl sites for hydroxylation is 2. The summed E-state index contributed by atoms with van der Waals surface area (Å²) in [5, 5.41) is 3.79. The Morgan fingerprint density at radius 1 is 1.19 bits per heavy atom. The Hall–Kier alpha value is -2.21. The van der Waals surface area contributed by atoms with Crippen molar-refractivity contribution < 1.29 is 9.59 Å². The summed E-state index contributed by atoms with van der Waals surface area (Å²) in [7, 11) is 0. The second-order valence-electron chi connectivity index (χ2n) is 9.95. The molecule has 0 radical (unpaired) electrons. The number of aliphatic imine (C=N–C) groups is 2. The van der Waals surface area contributed by atoms with Gasteiger partial charge in [0.15, 0.2) is 0 Å². The summed E-state index contributed by atoms with van der Waals surface area (Å²) in [5.41, 5.74) is 4.63. The van der Waals surface area contributed by atoms with E-state index in [-0.39, 0.29) is 29.6 Å². The molecule has 0 fully saturated rings. The fraction of sp³-hybridized carbons (Fsp3) is 0.520. The van der Waals surface area contributed by atoms with Crippen LogP contribution in [-0.2, 0) is 9.59 Å². The topological polar surface area (TPSA) is 70.9 Å². The van der Waals surface area contributed by atoms with E-state index in [2.05, 4.69) is 31.1 Å². The van der Waals surface area contributed by atoms with Gasteiger partial charge in [0.25, 0.3) is 5.91 Å². The number of nitrogens with one attached hydrogen (secondary N) is 1. The van der Waals surface area contributed by atoms with Crippen LogP contribution in [0.5, 0.6) is 0 Å². The molecule has 1 aromatic carbocycles. The first-order valence-corrected chi connectivity index (χ1v) is 11.9. The van der Waals surface area contributed by atoms with Crippen LogP contribution in [0, 0.1) is 31.1 Å². The molecule has 2 unspecified atom stereocenters. The maximum absolute atomic E-state index is 12.8. The fourth-order valence-corrected chi connectivity index (χ4v) is 5.88. The molecule has 2 aliphatic heterocycles. The summed E-state index contributed by atoms with van der Waals surface area (Å²) < 4.78 is 0. The summed E-state index contributed by atoms with van der Waals surface area (Å²) >= 11 is 1.67. The molecule has 1 aromatic rings. The number of fused-ring (bicyclic) bond motifs is 2. The molecule has 3 aliphatic rings. The van der Waals surface area contributed by atoms with E-state index < -0.39 is 0 Å². The summed E-state index contributed by atoms with van der Waals surface area (Å²) in [4.78, 5) is 35.5. The summed E-state index contributed by atoms with van der Waals surface area (Å²) in [6.07, 6.45) is 3.73. The number of allylic oxidation sites excluding steroid dienone is 1. The predicted octanol–water partition coefficient (Wildman–Crippen LogP) is 5.82. The molecule has 0 aromatic heterocycles. The number of carbonyl (C=O) groups is 2. The van der Waals surface area contributed by atoms with E-state index in [9.17, 15) is 9.59 Å². The Morgan fingerprint density at radius 3 is 2.68 bits per heavy atom. The Labute approximate surface area is 188 Å². The molecule has 2 heterocycles. The van der Waals surface area contributed by atoms with Crippen LogP contribution in [0.2, 0.25) is 0 Å². The maximum atomic E-state index is 12.8. The molecule has 2 amide bonds. The largest absolute Gasteiger partial charge is 0.326 e. The second kappa shape index (κ2) is 8.38. The minimum atomic E-state index is -0.269. The van der Waals surface area contributed by atoms with Crippen LogP contribution in [-0.4, -0.2) is 22.7 Å². The van der Waals surface area contributed by atoms with E-state index in [1.807, 2.05) is 32.0 Å². The van der Waals surface area contributed by atoms with E-state index in [4.69, 9.17) is 4.99 Å². The smallest absolute Gasteiger partial charge is 0.261 e. The number of benzene rings is 1. The fourth-order valence-electron chi connectivity index (χ4n) is 4.48.